The molecule has 0 aliphatic heterocycles. The molecule has 4 heteroatoms. The number of aryl methyl sites for hydroxylation is 1. The van der Waals surface area contributed by atoms with Crippen molar-refractivity contribution in [2.24, 2.45) is 0 Å². The van der Waals surface area contributed by atoms with Crippen LogP contribution in [-0.2, 0) is 22.9 Å². The minimum absolute atomic E-state index is 0.0604. The van der Waals surface area contributed by atoms with Gasteiger partial charge in [-0.3, -0.25) is 0 Å². The number of rotatable bonds is 10. The van der Waals surface area contributed by atoms with Crippen LogP contribution in [0.4, 0.5) is 0 Å². The van der Waals surface area contributed by atoms with Crippen LogP contribution in [0.15, 0.2) is 66.7 Å². The van der Waals surface area contributed by atoms with E-state index in [1.54, 1.807) is 7.11 Å². The van der Waals surface area contributed by atoms with E-state index in [1.807, 2.05) is 6.07 Å². The first-order valence-electron chi connectivity index (χ1n) is 10.8. The maximum absolute atomic E-state index is 9.93. The average molecular weight is 437 g/mol. The number of aliphatic hydroxyl groups excluding tert-OH is 1. The summed E-state index contributed by atoms with van der Waals surface area (Å²) in [5.41, 5.74) is 5.94. The van der Waals surface area contributed by atoms with E-state index in [9.17, 15) is 5.11 Å². The van der Waals surface area contributed by atoms with Crippen LogP contribution in [0.1, 0.15) is 48.1 Å². The van der Waals surface area contributed by atoms with E-state index in [0.717, 1.165) is 24.2 Å². The molecule has 0 bridgehead atoms. The van der Waals surface area contributed by atoms with E-state index in [0.29, 0.717) is 8.58 Å². The molecule has 0 aromatic heterocycles. The monoisotopic (exact) mass is 436 g/mol. The lowest BCUT2D eigenvalue weighted by Gasteiger charge is -2.32. The Morgan fingerprint density at radius 2 is 1.74 bits per heavy atom. The Balaban J connectivity index is 2.01. The van der Waals surface area contributed by atoms with Gasteiger partial charge in [-0.05, 0) is 47.8 Å². The van der Waals surface area contributed by atoms with Crippen molar-refractivity contribution in [2.45, 2.75) is 45.4 Å². The molecule has 0 aliphatic rings. The summed E-state index contributed by atoms with van der Waals surface area (Å²) >= 11 is 0. The van der Waals surface area contributed by atoms with Crippen LogP contribution >= 0.6 is 8.58 Å². The molecule has 0 heterocycles. The fraction of sp³-hybridized carbons (Fsp3) is 0.333. The molecule has 0 amide bonds. The molecule has 1 N–H and O–H groups in total. The Hall–Kier alpha value is -2.19. The van der Waals surface area contributed by atoms with Gasteiger partial charge in [0.2, 0.25) is 0 Å². The molecule has 3 nitrogen and oxygen atoms in total. The van der Waals surface area contributed by atoms with Crippen molar-refractivity contribution < 1.29 is 14.6 Å². The average Bonchev–Trinajstić information content (AvgIpc) is 2.80. The van der Waals surface area contributed by atoms with Gasteiger partial charge < -0.3 is 14.6 Å². The SMILES string of the molecule is CCC(C)(Pc1ccc(C)cc1CO)c1cc(Cc2ccccc2)ccc1OCOC. The lowest BCUT2D eigenvalue weighted by atomic mass is 9.93. The van der Waals surface area contributed by atoms with Crippen molar-refractivity contribution >= 4 is 13.9 Å². The topological polar surface area (TPSA) is 38.7 Å². The summed E-state index contributed by atoms with van der Waals surface area (Å²) in [4.78, 5) is 0. The van der Waals surface area contributed by atoms with Crippen LogP contribution in [0.3, 0.4) is 0 Å². The Morgan fingerprint density at radius 3 is 2.42 bits per heavy atom. The standard InChI is InChI=1S/C27H33O3P/c1-5-27(3,31-26-14-11-20(2)15-23(26)18-28)24-17-22(12-13-25(24)30-19-29-4)16-21-9-7-6-8-10-21/h6-15,17,28,31H,5,16,18-19H2,1-4H3. The van der Waals surface area contributed by atoms with E-state index in [1.165, 1.54) is 27.6 Å². The predicted octanol–water partition coefficient (Wildman–Crippen LogP) is 5.69. The minimum Gasteiger partial charge on any atom is -0.467 e. The number of hydrogen-bond acceptors (Lipinski definition) is 3. The fourth-order valence-corrected chi connectivity index (χ4v) is 5.40. The van der Waals surface area contributed by atoms with Gasteiger partial charge in [-0.1, -0.05) is 88.7 Å². The molecule has 164 valence electrons. The van der Waals surface area contributed by atoms with Gasteiger partial charge in [0.1, 0.15) is 5.75 Å². The van der Waals surface area contributed by atoms with Gasteiger partial charge in [-0.2, -0.15) is 0 Å². The molecule has 0 saturated heterocycles. The molecule has 3 rings (SSSR count). The lowest BCUT2D eigenvalue weighted by Crippen LogP contribution is -2.22. The summed E-state index contributed by atoms with van der Waals surface area (Å²) in [5, 5.41) is 11.0. The van der Waals surface area contributed by atoms with Crippen molar-refractivity contribution in [3.8, 4) is 5.75 Å². The van der Waals surface area contributed by atoms with Gasteiger partial charge >= 0.3 is 0 Å². The highest BCUT2D eigenvalue weighted by Crippen LogP contribution is 2.48. The maximum atomic E-state index is 9.93. The normalized spacial score (nSPS) is 13.5. The third-order valence-corrected chi connectivity index (χ3v) is 7.70. The van der Waals surface area contributed by atoms with Gasteiger partial charge in [0.15, 0.2) is 6.79 Å². The highest BCUT2D eigenvalue weighted by atomic mass is 31.1. The third-order valence-electron chi connectivity index (χ3n) is 5.77. The Morgan fingerprint density at radius 1 is 0.968 bits per heavy atom. The molecule has 3 aromatic rings. The Kier molecular flexibility index (Phi) is 8.26. The predicted molar refractivity (Wildman–Crippen MR) is 131 cm³/mol. The summed E-state index contributed by atoms with van der Waals surface area (Å²) in [7, 11) is 2.16. The van der Waals surface area contributed by atoms with Crippen LogP contribution in [0.2, 0.25) is 0 Å². The van der Waals surface area contributed by atoms with E-state index >= 15 is 0 Å². The van der Waals surface area contributed by atoms with Gasteiger partial charge in [-0.25, -0.2) is 0 Å². The van der Waals surface area contributed by atoms with Gasteiger partial charge in [-0.15, -0.1) is 0 Å². The largest absolute Gasteiger partial charge is 0.467 e. The van der Waals surface area contributed by atoms with E-state index in [-0.39, 0.29) is 18.6 Å². The van der Waals surface area contributed by atoms with Crippen molar-refractivity contribution in [3.63, 3.8) is 0 Å². The third kappa shape index (κ3) is 5.95. The summed E-state index contributed by atoms with van der Waals surface area (Å²) in [5.74, 6) is 0.869. The van der Waals surface area contributed by atoms with E-state index < -0.39 is 0 Å². The second kappa shape index (κ2) is 10.9. The number of benzene rings is 3. The molecule has 0 fully saturated rings. The summed E-state index contributed by atoms with van der Waals surface area (Å²) in [6.07, 6.45) is 1.84. The van der Waals surface area contributed by atoms with Crippen molar-refractivity contribution in [2.75, 3.05) is 13.9 Å². The maximum Gasteiger partial charge on any atom is 0.188 e. The van der Waals surface area contributed by atoms with E-state index in [2.05, 4.69) is 81.4 Å². The zero-order valence-corrected chi connectivity index (χ0v) is 19.9. The van der Waals surface area contributed by atoms with Gasteiger partial charge in [0.05, 0.1) is 6.61 Å². The molecule has 2 atom stereocenters. The van der Waals surface area contributed by atoms with Crippen molar-refractivity contribution in [1.82, 2.24) is 0 Å². The summed E-state index contributed by atoms with van der Waals surface area (Å²) < 4.78 is 11.2. The van der Waals surface area contributed by atoms with Crippen LogP contribution < -0.4 is 10.0 Å². The number of hydrogen-bond donors (Lipinski definition) is 1. The number of aliphatic hydroxyl groups is 1. The quantitative estimate of drug-likeness (QED) is 0.328. The second-order valence-corrected chi connectivity index (χ2v) is 10.1. The Labute approximate surface area is 188 Å². The molecule has 3 aromatic carbocycles. The first kappa shape index (κ1) is 23.5. The minimum atomic E-state index is -0.116. The highest BCUT2D eigenvalue weighted by molar-refractivity contribution is 7.48. The molecule has 0 spiro atoms. The number of methoxy groups -OCH3 is 1. The molecule has 0 radical (unpaired) electrons. The molecular formula is C27H33O3P. The highest BCUT2D eigenvalue weighted by Gasteiger charge is 2.30. The Bertz CT molecular complexity index is 987. The second-order valence-electron chi connectivity index (χ2n) is 8.17. The smallest absolute Gasteiger partial charge is 0.188 e. The molecule has 2 unspecified atom stereocenters. The fourth-order valence-electron chi connectivity index (χ4n) is 3.82. The summed E-state index contributed by atoms with van der Waals surface area (Å²) in [6.45, 7) is 6.87. The number of ether oxygens (including phenoxy) is 2. The first-order valence-corrected chi connectivity index (χ1v) is 11.8. The zero-order valence-electron chi connectivity index (χ0n) is 18.9. The zero-order chi connectivity index (χ0) is 22.3. The van der Waals surface area contributed by atoms with Crippen molar-refractivity contribution in [3.05, 3.63) is 94.5 Å². The lowest BCUT2D eigenvalue weighted by molar-refractivity contribution is 0.0500. The van der Waals surface area contributed by atoms with Crippen LogP contribution in [0.5, 0.6) is 5.75 Å². The molecule has 31 heavy (non-hydrogen) atoms. The van der Waals surface area contributed by atoms with Crippen molar-refractivity contribution in [1.29, 1.82) is 0 Å². The molecule has 0 aliphatic carbocycles. The van der Waals surface area contributed by atoms with Crippen LogP contribution in [0.25, 0.3) is 0 Å². The van der Waals surface area contributed by atoms with Crippen LogP contribution in [-0.4, -0.2) is 19.0 Å². The van der Waals surface area contributed by atoms with Gasteiger partial charge in [0, 0.05) is 17.8 Å². The molecule has 0 saturated carbocycles. The summed E-state index contributed by atoms with van der Waals surface area (Å²) in [6, 6.07) is 23.4. The van der Waals surface area contributed by atoms with Gasteiger partial charge in [0.25, 0.3) is 0 Å². The molecular weight excluding hydrogens is 403 g/mol. The van der Waals surface area contributed by atoms with Crippen LogP contribution in [0, 0.1) is 6.92 Å². The first-order chi connectivity index (χ1) is 15.0. The van der Waals surface area contributed by atoms with E-state index in [4.69, 9.17) is 9.47 Å².